The first-order valence-corrected chi connectivity index (χ1v) is 11.3. The van der Waals surface area contributed by atoms with Crippen LogP contribution in [0, 0.1) is 0 Å². The predicted molar refractivity (Wildman–Crippen MR) is 118 cm³/mol. The summed E-state index contributed by atoms with van der Waals surface area (Å²) in [5, 5.41) is 4.42. The van der Waals surface area contributed by atoms with Gasteiger partial charge in [0.05, 0.1) is 4.90 Å². The van der Waals surface area contributed by atoms with Gasteiger partial charge in [0.2, 0.25) is 0 Å². The van der Waals surface area contributed by atoms with E-state index in [0.29, 0.717) is 17.2 Å². The Balaban J connectivity index is 1.82. The van der Waals surface area contributed by atoms with E-state index in [9.17, 15) is 13.2 Å². The number of nitrogens with one attached hydrogen (secondary N) is 2. The largest absolute Gasteiger partial charge is 0.336 e. The van der Waals surface area contributed by atoms with Crippen molar-refractivity contribution in [2.45, 2.75) is 29.9 Å². The monoisotopic (exact) mass is 423 g/mol. The van der Waals surface area contributed by atoms with Crippen molar-refractivity contribution in [2.24, 2.45) is 0 Å². The molecule has 3 aromatic rings. The third kappa shape index (κ3) is 5.24. The van der Waals surface area contributed by atoms with E-state index in [2.05, 4.69) is 29.5 Å². The van der Waals surface area contributed by atoms with Gasteiger partial charge in [0.15, 0.2) is 9.84 Å². The fourth-order valence-corrected chi connectivity index (χ4v) is 4.71. The van der Waals surface area contributed by atoms with E-state index in [0.717, 1.165) is 5.56 Å². The number of aromatic nitrogens is 1. The van der Waals surface area contributed by atoms with E-state index in [1.807, 2.05) is 18.2 Å². The van der Waals surface area contributed by atoms with Crippen LogP contribution < -0.4 is 10.6 Å². The molecule has 1 heterocycles. The summed E-state index contributed by atoms with van der Waals surface area (Å²) in [5.41, 5.74) is 2.21. The number of benzene rings is 2. The Hall–Kier alpha value is -3.19. The van der Waals surface area contributed by atoms with E-state index < -0.39 is 21.1 Å². The van der Waals surface area contributed by atoms with Crippen molar-refractivity contribution in [3.63, 3.8) is 0 Å². The fourth-order valence-electron chi connectivity index (χ4n) is 3.06. The summed E-state index contributed by atoms with van der Waals surface area (Å²) in [4.78, 5) is 16.6. The zero-order valence-electron chi connectivity index (χ0n) is 16.9. The highest BCUT2D eigenvalue weighted by molar-refractivity contribution is 7.91. The normalized spacial score (nSPS) is 12.4. The van der Waals surface area contributed by atoms with Crippen LogP contribution in [0.2, 0.25) is 0 Å². The molecule has 6 nitrogen and oxygen atoms in total. The summed E-state index contributed by atoms with van der Waals surface area (Å²) in [6, 6.07) is 18.8. The zero-order valence-corrected chi connectivity index (χ0v) is 17.8. The van der Waals surface area contributed by atoms with E-state index in [4.69, 9.17) is 0 Å². The molecular weight excluding hydrogens is 398 g/mol. The van der Waals surface area contributed by atoms with Gasteiger partial charge in [-0.25, -0.2) is 13.2 Å². The first kappa shape index (κ1) is 21.5. The van der Waals surface area contributed by atoms with E-state index in [1.54, 1.807) is 54.7 Å². The SMILES string of the molecule is CC(C)c1ccc(S(=O)(=O)C(CNC(=O)Nc2ccccc2)c2cccnc2)cc1. The molecule has 0 aliphatic carbocycles. The standard InChI is InChI=1S/C23H25N3O3S/c1-17(2)18-10-12-21(13-11-18)30(28,29)22(19-7-6-14-24-15-19)16-25-23(27)26-20-8-4-3-5-9-20/h3-15,17,22H,16H2,1-2H3,(H2,25,26,27). The summed E-state index contributed by atoms with van der Waals surface area (Å²) >= 11 is 0. The second kappa shape index (κ2) is 9.54. The molecule has 0 aliphatic heterocycles. The fraction of sp³-hybridized carbons (Fsp3) is 0.217. The number of rotatable bonds is 7. The summed E-state index contributed by atoms with van der Waals surface area (Å²) in [6.07, 6.45) is 3.10. The minimum Gasteiger partial charge on any atom is -0.336 e. The third-order valence-electron chi connectivity index (χ3n) is 4.79. The Morgan fingerprint density at radius 3 is 2.23 bits per heavy atom. The van der Waals surface area contributed by atoms with Crippen LogP contribution in [0.25, 0.3) is 0 Å². The molecule has 0 spiro atoms. The number of hydrogen-bond donors (Lipinski definition) is 2. The Morgan fingerprint density at radius 1 is 0.933 bits per heavy atom. The van der Waals surface area contributed by atoms with E-state index >= 15 is 0 Å². The molecule has 0 fully saturated rings. The molecular formula is C23H25N3O3S. The van der Waals surface area contributed by atoms with Gasteiger partial charge >= 0.3 is 6.03 Å². The summed E-state index contributed by atoms with van der Waals surface area (Å²) in [5.74, 6) is 0.305. The number of para-hydroxylation sites is 1. The van der Waals surface area contributed by atoms with Gasteiger partial charge in [-0.15, -0.1) is 0 Å². The van der Waals surface area contributed by atoms with Gasteiger partial charge in [-0.3, -0.25) is 4.98 Å². The Morgan fingerprint density at radius 2 is 1.63 bits per heavy atom. The minimum atomic E-state index is -3.75. The highest BCUT2D eigenvalue weighted by atomic mass is 32.2. The van der Waals surface area contributed by atoms with Crippen molar-refractivity contribution in [3.8, 4) is 0 Å². The molecule has 2 aromatic carbocycles. The van der Waals surface area contributed by atoms with Gasteiger partial charge in [0.1, 0.15) is 5.25 Å². The van der Waals surface area contributed by atoms with Gasteiger partial charge in [-0.05, 0) is 47.4 Å². The second-order valence-electron chi connectivity index (χ2n) is 7.24. The molecule has 3 rings (SSSR count). The Labute approximate surface area is 177 Å². The molecule has 156 valence electrons. The van der Waals surface area contributed by atoms with Gasteiger partial charge < -0.3 is 10.6 Å². The van der Waals surface area contributed by atoms with Gasteiger partial charge in [0.25, 0.3) is 0 Å². The number of pyridine rings is 1. The maximum absolute atomic E-state index is 13.4. The number of anilines is 1. The summed E-state index contributed by atoms with van der Waals surface area (Å²) in [7, 11) is -3.75. The average Bonchev–Trinajstić information content (AvgIpc) is 2.75. The molecule has 2 N–H and O–H groups in total. The molecule has 7 heteroatoms. The summed E-state index contributed by atoms with van der Waals surface area (Å²) < 4.78 is 26.8. The molecule has 1 unspecified atom stereocenters. The number of carbonyl (C=O) groups excluding carboxylic acids is 1. The minimum absolute atomic E-state index is 0.0847. The maximum Gasteiger partial charge on any atom is 0.319 e. The van der Waals surface area contributed by atoms with E-state index in [1.165, 1.54) is 6.20 Å². The molecule has 1 aromatic heterocycles. The third-order valence-corrected chi connectivity index (χ3v) is 6.90. The quantitative estimate of drug-likeness (QED) is 0.584. The highest BCUT2D eigenvalue weighted by Crippen LogP contribution is 2.29. The van der Waals surface area contributed by atoms with Crippen LogP contribution in [0.1, 0.15) is 36.1 Å². The van der Waals surface area contributed by atoms with Crippen molar-refractivity contribution in [2.75, 3.05) is 11.9 Å². The molecule has 0 bridgehead atoms. The van der Waals surface area contributed by atoms with Crippen molar-refractivity contribution in [3.05, 3.63) is 90.3 Å². The molecule has 30 heavy (non-hydrogen) atoms. The number of carbonyl (C=O) groups is 1. The van der Waals surface area contributed by atoms with Crippen LogP contribution in [0.5, 0.6) is 0 Å². The zero-order chi connectivity index (χ0) is 21.6. The highest BCUT2D eigenvalue weighted by Gasteiger charge is 2.30. The maximum atomic E-state index is 13.4. The lowest BCUT2D eigenvalue weighted by molar-refractivity contribution is 0.252. The van der Waals surface area contributed by atoms with Crippen molar-refractivity contribution in [1.29, 1.82) is 0 Å². The number of urea groups is 1. The number of amides is 2. The first-order valence-electron chi connectivity index (χ1n) is 9.71. The molecule has 1 atom stereocenters. The lowest BCUT2D eigenvalue weighted by Gasteiger charge is -2.19. The Bertz CT molecular complexity index is 1070. The van der Waals surface area contributed by atoms with Gasteiger partial charge in [0, 0.05) is 24.6 Å². The van der Waals surface area contributed by atoms with Crippen molar-refractivity contribution >= 4 is 21.6 Å². The molecule has 0 radical (unpaired) electrons. The summed E-state index contributed by atoms with van der Waals surface area (Å²) in [6.45, 7) is 4.02. The van der Waals surface area contributed by atoms with Gasteiger partial charge in [-0.2, -0.15) is 0 Å². The Kier molecular flexibility index (Phi) is 6.84. The molecule has 0 saturated heterocycles. The molecule has 0 aliphatic rings. The van der Waals surface area contributed by atoms with Gasteiger partial charge in [-0.1, -0.05) is 50.2 Å². The predicted octanol–water partition coefficient (Wildman–Crippen LogP) is 4.54. The number of nitrogens with zero attached hydrogens (tertiary/aromatic N) is 1. The van der Waals surface area contributed by atoms with E-state index in [-0.39, 0.29) is 11.4 Å². The second-order valence-corrected chi connectivity index (χ2v) is 9.38. The molecule has 2 amide bonds. The smallest absolute Gasteiger partial charge is 0.319 e. The van der Waals surface area contributed by atoms with Crippen LogP contribution in [-0.4, -0.2) is 26.0 Å². The van der Waals surface area contributed by atoms with Crippen LogP contribution in [0.3, 0.4) is 0 Å². The first-order chi connectivity index (χ1) is 14.4. The van der Waals surface area contributed by atoms with Crippen LogP contribution in [0.15, 0.2) is 84.0 Å². The van der Waals surface area contributed by atoms with Crippen LogP contribution >= 0.6 is 0 Å². The van der Waals surface area contributed by atoms with Crippen LogP contribution in [-0.2, 0) is 9.84 Å². The average molecular weight is 424 g/mol. The van der Waals surface area contributed by atoms with Crippen LogP contribution in [0.4, 0.5) is 10.5 Å². The number of sulfone groups is 1. The lowest BCUT2D eigenvalue weighted by Crippen LogP contribution is -2.35. The molecule has 0 saturated carbocycles. The van der Waals surface area contributed by atoms with Crippen molar-refractivity contribution in [1.82, 2.24) is 10.3 Å². The lowest BCUT2D eigenvalue weighted by atomic mass is 10.0. The van der Waals surface area contributed by atoms with Crippen molar-refractivity contribution < 1.29 is 13.2 Å². The topological polar surface area (TPSA) is 88.2 Å². The number of hydrogen-bond acceptors (Lipinski definition) is 4.